The van der Waals surface area contributed by atoms with Crippen LogP contribution >= 0.6 is 0 Å². The zero-order valence-electron chi connectivity index (χ0n) is 10.0. The molecule has 6 heteroatoms. The van der Waals surface area contributed by atoms with Gasteiger partial charge in [0.1, 0.15) is 5.82 Å². The van der Waals surface area contributed by atoms with Crippen LogP contribution in [0.15, 0.2) is 0 Å². The van der Waals surface area contributed by atoms with E-state index in [0.717, 1.165) is 38.3 Å². The highest BCUT2D eigenvalue weighted by Crippen LogP contribution is 2.12. The minimum absolute atomic E-state index is 0.216. The molecule has 1 fully saturated rings. The van der Waals surface area contributed by atoms with Crippen LogP contribution in [-0.4, -0.2) is 40.8 Å². The summed E-state index contributed by atoms with van der Waals surface area (Å²) >= 11 is 0. The average molecular weight is 238 g/mol. The van der Waals surface area contributed by atoms with Gasteiger partial charge in [-0.05, 0) is 18.8 Å². The first-order chi connectivity index (χ1) is 8.29. The third kappa shape index (κ3) is 3.26. The highest BCUT2D eigenvalue weighted by Gasteiger charge is 2.17. The summed E-state index contributed by atoms with van der Waals surface area (Å²) in [4.78, 5) is 15.8. The molecular weight excluding hydrogens is 220 g/mol. The largest absolute Gasteiger partial charge is 0.381 e. The van der Waals surface area contributed by atoms with Gasteiger partial charge in [-0.3, -0.25) is 9.89 Å². The number of ether oxygens (including phenoxy) is 1. The minimum atomic E-state index is -0.216. The molecule has 94 valence electrons. The first-order valence-corrected chi connectivity index (χ1v) is 6.06. The van der Waals surface area contributed by atoms with E-state index < -0.39 is 0 Å². The number of hydrogen-bond acceptors (Lipinski definition) is 4. The molecule has 1 atom stereocenters. The van der Waals surface area contributed by atoms with Crippen molar-refractivity contribution < 1.29 is 9.53 Å². The maximum absolute atomic E-state index is 11.7. The smallest absolute Gasteiger partial charge is 0.290 e. The number of rotatable bonds is 4. The van der Waals surface area contributed by atoms with Crippen LogP contribution in [0.1, 0.15) is 36.2 Å². The van der Waals surface area contributed by atoms with Crippen molar-refractivity contribution in [1.29, 1.82) is 0 Å². The van der Waals surface area contributed by atoms with E-state index in [1.165, 1.54) is 0 Å². The second kappa shape index (κ2) is 5.77. The molecule has 6 nitrogen and oxygen atoms in total. The molecule has 1 amide bonds. The molecule has 1 aromatic heterocycles. The quantitative estimate of drug-likeness (QED) is 0.801. The number of H-pyrrole nitrogens is 1. The summed E-state index contributed by atoms with van der Waals surface area (Å²) in [5.41, 5.74) is 0. The zero-order chi connectivity index (χ0) is 12.1. The molecule has 2 heterocycles. The van der Waals surface area contributed by atoms with Crippen LogP contribution in [-0.2, 0) is 11.2 Å². The number of amides is 1. The van der Waals surface area contributed by atoms with Gasteiger partial charge in [0.2, 0.25) is 5.82 Å². The minimum Gasteiger partial charge on any atom is -0.381 e. The molecule has 2 rings (SSSR count). The van der Waals surface area contributed by atoms with Gasteiger partial charge in [0.25, 0.3) is 5.91 Å². The SMILES string of the molecule is CCc1nc(C(=O)NCC2CCCOC2)n[nH]1. The van der Waals surface area contributed by atoms with Crippen molar-refractivity contribution >= 4 is 5.91 Å². The predicted octanol–water partition coefficient (Wildman–Crippen LogP) is 0.523. The lowest BCUT2D eigenvalue weighted by Crippen LogP contribution is -2.33. The topological polar surface area (TPSA) is 79.9 Å². The Kier molecular flexibility index (Phi) is 4.08. The van der Waals surface area contributed by atoms with Gasteiger partial charge in [-0.2, -0.15) is 0 Å². The summed E-state index contributed by atoms with van der Waals surface area (Å²) in [6.45, 7) is 4.16. The molecule has 1 saturated heterocycles. The predicted molar refractivity (Wildman–Crippen MR) is 61.6 cm³/mol. The average Bonchev–Trinajstić information content (AvgIpc) is 2.86. The Labute approximate surface area is 100 Å². The molecule has 0 aliphatic carbocycles. The number of nitrogens with one attached hydrogen (secondary N) is 2. The molecule has 0 bridgehead atoms. The zero-order valence-corrected chi connectivity index (χ0v) is 10.0. The van der Waals surface area contributed by atoms with Crippen LogP contribution < -0.4 is 5.32 Å². The Morgan fingerprint density at radius 3 is 3.18 bits per heavy atom. The van der Waals surface area contributed by atoms with Crippen molar-refractivity contribution in [2.24, 2.45) is 5.92 Å². The summed E-state index contributed by atoms with van der Waals surface area (Å²) in [6, 6.07) is 0. The van der Waals surface area contributed by atoms with Gasteiger partial charge in [0, 0.05) is 19.6 Å². The summed E-state index contributed by atoms with van der Waals surface area (Å²) in [7, 11) is 0. The lowest BCUT2D eigenvalue weighted by molar-refractivity contribution is 0.0535. The molecule has 0 saturated carbocycles. The Hall–Kier alpha value is -1.43. The molecule has 1 aliphatic rings. The fourth-order valence-electron chi connectivity index (χ4n) is 1.84. The fraction of sp³-hybridized carbons (Fsp3) is 0.727. The number of hydrogen-bond donors (Lipinski definition) is 2. The van der Waals surface area contributed by atoms with Crippen LogP contribution in [0.4, 0.5) is 0 Å². The number of aryl methyl sites for hydroxylation is 1. The maximum atomic E-state index is 11.7. The van der Waals surface area contributed by atoms with Gasteiger partial charge in [-0.25, -0.2) is 4.98 Å². The molecule has 0 radical (unpaired) electrons. The van der Waals surface area contributed by atoms with Crippen LogP contribution in [0.2, 0.25) is 0 Å². The molecule has 1 aliphatic heterocycles. The van der Waals surface area contributed by atoms with E-state index in [1.54, 1.807) is 0 Å². The Balaban J connectivity index is 1.80. The van der Waals surface area contributed by atoms with Crippen molar-refractivity contribution in [3.63, 3.8) is 0 Å². The fourth-order valence-corrected chi connectivity index (χ4v) is 1.84. The van der Waals surface area contributed by atoms with Crippen molar-refractivity contribution in [3.05, 3.63) is 11.6 Å². The lowest BCUT2D eigenvalue weighted by atomic mass is 10.0. The number of carbonyl (C=O) groups excluding carboxylic acids is 1. The first-order valence-electron chi connectivity index (χ1n) is 6.06. The number of aromatic amines is 1. The van der Waals surface area contributed by atoms with Crippen molar-refractivity contribution in [3.8, 4) is 0 Å². The van der Waals surface area contributed by atoms with E-state index in [4.69, 9.17) is 4.74 Å². The molecule has 0 spiro atoms. The lowest BCUT2D eigenvalue weighted by Gasteiger charge is -2.21. The van der Waals surface area contributed by atoms with E-state index in [2.05, 4.69) is 20.5 Å². The number of nitrogens with zero attached hydrogens (tertiary/aromatic N) is 2. The summed E-state index contributed by atoms with van der Waals surface area (Å²) in [5, 5.41) is 9.44. The van der Waals surface area contributed by atoms with Crippen LogP contribution in [0.5, 0.6) is 0 Å². The molecule has 0 aromatic carbocycles. The monoisotopic (exact) mass is 238 g/mol. The van der Waals surface area contributed by atoms with E-state index >= 15 is 0 Å². The van der Waals surface area contributed by atoms with Crippen LogP contribution in [0.25, 0.3) is 0 Å². The second-order valence-electron chi connectivity index (χ2n) is 4.25. The molecule has 1 aromatic rings. The van der Waals surface area contributed by atoms with Gasteiger partial charge in [-0.1, -0.05) is 6.92 Å². The van der Waals surface area contributed by atoms with E-state index in [0.29, 0.717) is 12.5 Å². The van der Waals surface area contributed by atoms with Crippen molar-refractivity contribution in [1.82, 2.24) is 20.5 Å². The normalized spacial score (nSPS) is 20.2. The van der Waals surface area contributed by atoms with Gasteiger partial charge in [0.15, 0.2) is 0 Å². The summed E-state index contributed by atoms with van der Waals surface area (Å²) in [5.74, 6) is 1.15. The van der Waals surface area contributed by atoms with Crippen molar-refractivity contribution in [2.75, 3.05) is 19.8 Å². The Morgan fingerprint density at radius 2 is 2.53 bits per heavy atom. The van der Waals surface area contributed by atoms with E-state index in [-0.39, 0.29) is 11.7 Å². The molecule has 1 unspecified atom stereocenters. The molecule has 17 heavy (non-hydrogen) atoms. The van der Waals surface area contributed by atoms with Gasteiger partial charge in [-0.15, -0.1) is 5.10 Å². The summed E-state index contributed by atoms with van der Waals surface area (Å²) in [6.07, 6.45) is 2.92. The van der Waals surface area contributed by atoms with Gasteiger partial charge >= 0.3 is 0 Å². The second-order valence-corrected chi connectivity index (χ2v) is 4.25. The summed E-state index contributed by atoms with van der Waals surface area (Å²) < 4.78 is 5.35. The van der Waals surface area contributed by atoms with Crippen LogP contribution in [0, 0.1) is 5.92 Å². The number of carbonyl (C=O) groups is 1. The maximum Gasteiger partial charge on any atom is 0.290 e. The van der Waals surface area contributed by atoms with E-state index in [1.807, 2.05) is 6.92 Å². The standard InChI is InChI=1S/C11H18N4O2/c1-2-9-13-10(15-14-9)11(16)12-6-8-4-3-5-17-7-8/h8H,2-7H2,1H3,(H,12,16)(H,13,14,15). The number of aromatic nitrogens is 3. The third-order valence-corrected chi connectivity index (χ3v) is 2.88. The molecular formula is C11H18N4O2. The highest BCUT2D eigenvalue weighted by molar-refractivity contribution is 5.90. The molecule has 2 N–H and O–H groups in total. The van der Waals surface area contributed by atoms with Crippen LogP contribution in [0.3, 0.4) is 0 Å². The highest BCUT2D eigenvalue weighted by atomic mass is 16.5. The Bertz CT molecular complexity index is 371. The van der Waals surface area contributed by atoms with E-state index in [9.17, 15) is 4.79 Å². The van der Waals surface area contributed by atoms with Gasteiger partial charge < -0.3 is 10.1 Å². The first kappa shape index (κ1) is 12.0. The van der Waals surface area contributed by atoms with Crippen molar-refractivity contribution in [2.45, 2.75) is 26.2 Å². The third-order valence-electron chi connectivity index (χ3n) is 2.88. The van der Waals surface area contributed by atoms with Gasteiger partial charge in [0.05, 0.1) is 6.61 Å². The Morgan fingerprint density at radius 1 is 1.65 bits per heavy atom.